The summed E-state index contributed by atoms with van der Waals surface area (Å²) in [4.78, 5) is 17.0. The van der Waals surface area contributed by atoms with Crippen LogP contribution >= 0.6 is 0 Å². The Balaban J connectivity index is 2.59. The average molecular weight is 200 g/mol. The van der Waals surface area contributed by atoms with Gasteiger partial charge in [0, 0.05) is 25.0 Å². The Labute approximate surface area is 88.3 Å². The highest BCUT2D eigenvalue weighted by Crippen LogP contribution is 2.17. The van der Waals surface area contributed by atoms with Gasteiger partial charge in [-0.15, -0.1) is 0 Å². The van der Waals surface area contributed by atoms with E-state index in [1.807, 2.05) is 43.3 Å². The molecular weight excluding hydrogens is 188 g/mol. The van der Waals surface area contributed by atoms with E-state index in [0.29, 0.717) is 5.56 Å². The van der Waals surface area contributed by atoms with Gasteiger partial charge in [-0.2, -0.15) is 0 Å². The maximum Gasteiger partial charge on any atom is 0.150 e. The summed E-state index contributed by atoms with van der Waals surface area (Å²) >= 11 is 0. The lowest BCUT2D eigenvalue weighted by atomic mass is 10.1. The second-order valence-electron chi connectivity index (χ2n) is 3.63. The number of nitrogens with zero attached hydrogens (tertiary/aromatic N) is 2. The number of carbonyl (C=O) groups is 1. The van der Waals surface area contributed by atoms with E-state index in [0.717, 1.165) is 23.0 Å². The molecule has 0 fully saturated rings. The number of hydrogen-bond acceptors (Lipinski definition) is 3. The molecule has 0 amide bonds. The van der Waals surface area contributed by atoms with Crippen molar-refractivity contribution in [2.45, 2.75) is 0 Å². The molecule has 3 nitrogen and oxygen atoms in total. The first-order valence-corrected chi connectivity index (χ1v) is 4.74. The van der Waals surface area contributed by atoms with Crippen LogP contribution in [-0.2, 0) is 0 Å². The molecule has 3 heteroatoms. The molecule has 76 valence electrons. The van der Waals surface area contributed by atoms with Gasteiger partial charge in [0.25, 0.3) is 0 Å². The molecule has 2 rings (SSSR count). The summed E-state index contributed by atoms with van der Waals surface area (Å²) in [7, 11) is 3.90. The van der Waals surface area contributed by atoms with Crippen molar-refractivity contribution in [2.75, 3.05) is 19.0 Å². The van der Waals surface area contributed by atoms with Gasteiger partial charge in [0.2, 0.25) is 0 Å². The largest absolute Gasteiger partial charge is 0.363 e. The topological polar surface area (TPSA) is 33.2 Å². The monoisotopic (exact) mass is 200 g/mol. The molecule has 0 atom stereocenters. The fourth-order valence-corrected chi connectivity index (χ4v) is 1.46. The van der Waals surface area contributed by atoms with Crippen molar-refractivity contribution in [3.63, 3.8) is 0 Å². The molecule has 0 saturated carbocycles. The number of aromatic nitrogens is 1. The van der Waals surface area contributed by atoms with E-state index in [1.54, 1.807) is 6.07 Å². The van der Waals surface area contributed by atoms with Gasteiger partial charge in [0.1, 0.15) is 12.1 Å². The van der Waals surface area contributed by atoms with Crippen molar-refractivity contribution in [3.05, 3.63) is 35.9 Å². The lowest BCUT2D eigenvalue weighted by Gasteiger charge is -2.11. The van der Waals surface area contributed by atoms with E-state index >= 15 is 0 Å². The normalized spacial score (nSPS) is 10.3. The molecule has 1 aromatic heterocycles. The molecule has 0 aliphatic rings. The minimum Gasteiger partial charge on any atom is -0.363 e. The van der Waals surface area contributed by atoms with Crippen LogP contribution in [0.1, 0.15) is 10.4 Å². The molecule has 1 aromatic carbocycles. The van der Waals surface area contributed by atoms with Gasteiger partial charge >= 0.3 is 0 Å². The SMILES string of the molecule is CN(C)c1ccc2cc(C=O)ccc2n1. The van der Waals surface area contributed by atoms with Crippen molar-refractivity contribution in [1.82, 2.24) is 4.98 Å². The molecular formula is C12H12N2O. The molecule has 0 N–H and O–H groups in total. The molecule has 15 heavy (non-hydrogen) atoms. The predicted molar refractivity (Wildman–Crippen MR) is 61.5 cm³/mol. The summed E-state index contributed by atoms with van der Waals surface area (Å²) in [5.41, 5.74) is 1.59. The van der Waals surface area contributed by atoms with Gasteiger partial charge in [0.05, 0.1) is 5.52 Å². The van der Waals surface area contributed by atoms with Crippen LogP contribution in [0.4, 0.5) is 5.82 Å². The number of benzene rings is 1. The van der Waals surface area contributed by atoms with E-state index in [9.17, 15) is 4.79 Å². The first-order valence-electron chi connectivity index (χ1n) is 4.74. The van der Waals surface area contributed by atoms with Crippen LogP contribution in [-0.4, -0.2) is 25.4 Å². The predicted octanol–water partition coefficient (Wildman–Crippen LogP) is 2.11. The van der Waals surface area contributed by atoms with Crippen LogP contribution in [0.15, 0.2) is 30.3 Å². The third kappa shape index (κ3) is 1.81. The number of aldehydes is 1. The maximum absolute atomic E-state index is 10.6. The summed E-state index contributed by atoms with van der Waals surface area (Å²) in [6.45, 7) is 0. The van der Waals surface area contributed by atoms with Crippen molar-refractivity contribution in [2.24, 2.45) is 0 Å². The third-order valence-corrected chi connectivity index (χ3v) is 2.29. The molecule has 0 aliphatic carbocycles. The van der Waals surface area contributed by atoms with E-state index < -0.39 is 0 Å². The standard InChI is InChI=1S/C12H12N2O/c1-14(2)12-6-4-10-7-9(8-15)3-5-11(10)13-12/h3-8H,1-2H3. The summed E-state index contributed by atoms with van der Waals surface area (Å²) in [5.74, 6) is 0.918. The summed E-state index contributed by atoms with van der Waals surface area (Å²) in [5, 5.41) is 0.991. The van der Waals surface area contributed by atoms with Crippen LogP contribution < -0.4 is 4.90 Å². The highest BCUT2D eigenvalue weighted by molar-refractivity contribution is 5.87. The highest BCUT2D eigenvalue weighted by atomic mass is 16.1. The third-order valence-electron chi connectivity index (χ3n) is 2.29. The molecule has 2 aromatic rings. The van der Waals surface area contributed by atoms with Gasteiger partial charge in [-0.05, 0) is 30.3 Å². The van der Waals surface area contributed by atoms with Crippen LogP contribution in [0.3, 0.4) is 0 Å². The molecule has 0 aliphatic heterocycles. The number of anilines is 1. The van der Waals surface area contributed by atoms with Crippen molar-refractivity contribution < 1.29 is 4.79 Å². The minimum absolute atomic E-state index is 0.682. The van der Waals surface area contributed by atoms with Crippen LogP contribution in [0.5, 0.6) is 0 Å². The molecule has 0 saturated heterocycles. The molecule has 0 bridgehead atoms. The minimum atomic E-state index is 0.682. The van der Waals surface area contributed by atoms with Crippen LogP contribution in [0, 0.1) is 0 Å². The summed E-state index contributed by atoms with van der Waals surface area (Å²) in [6.07, 6.45) is 0.847. The number of hydrogen-bond donors (Lipinski definition) is 0. The number of pyridine rings is 1. The Morgan fingerprint density at radius 1 is 1.20 bits per heavy atom. The Kier molecular flexibility index (Phi) is 2.37. The zero-order valence-electron chi connectivity index (χ0n) is 8.77. The fraction of sp³-hybridized carbons (Fsp3) is 0.167. The first kappa shape index (κ1) is 9.65. The Morgan fingerprint density at radius 2 is 2.00 bits per heavy atom. The summed E-state index contributed by atoms with van der Waals surface area (Å²) < 4.78 is 0. The van der Waals surface area contributed by atoms with Gasteiger partial charge < -0.3 is 4.90 Å². The van der Waals surface area contributed by atoms with Crippen molar-refractivity contribution in [1.29, 1.82) is 0 Å². The zero-order chi connectivity index (χ0) is 10.8. The molecule has 0 spiro atoms. The van der Waals surface area contributed by atoms with Gasteiger partial charge in [-0.3, -0.25) is 4.79 Å². The summed E-state index contributed by atoms with van der Waals surface area (Å²) in [6, 6.07) is 9.41. The molecule has 0 radical (unpaired) electrons. The lowest BCUT2D eigenvalue weighted by Crippen LogP contribution is -2.10. The van der Waals surface area contributed by atoms with E-state index in [1.165, 1.54) is 0 Å². The molecule has 0 unspecified atom stereocenters. The Bertz CT molecular complexity index is 506. The van der Waals surface area contributed by atoms with Gasteiger partial charge in [0.15, 0.2) is 0 Å². The zero-order valence-corrected chi connectivity index (χ0v) is 8.77. The number of rotatable bonds is 2. The van der Waals surface area contributed by atoms with E-state index in [4.69, 9.17) is 0 Å². The second-order valence-corrected chi connectivity index (χ2v) is 3.63. The second kappa shape index (κ2) is 3.69. The number of carbonyl (C=O) groups excluding carboxylic acids is 1. The Morgan fingerprint density at radius 3 is 2.67 bits per heavy atom. The highest BCUT2D eigenvalue weighted by Gasteiger charge is 2.00. The average Bonchev–Trinajstić information content (AvgIpc) is 2.27. The fourth-order valence-electron chi connectivity index (χ4n) is 1.46. The first-order chi connectivity index (χ1) is 7.20. The van der Waals surface area contributed by atoms with Crippen LogP contribution in [0.2, 0.25) is 0 Å². The quantitative estimate of drug-likeness (QED) is 0.696. The van der Waals surface area contributed by atoms with Gasteiger partial charge in [-0.25, -0.2) is 4.98 Å². The number of fused-ring (bicyclic) bond motifs is 1. The van der Waals surface area contributed by atoms with E-state index in [-0.39, 0.29) is 0 Å². The maximum atomic E-state index is 10.6. The van der Waals surface area contributed by atoms with Crippen molar-refractivity contribution in [3.8, 4) is 0 Å². The smallest absolute Gasteiger partial charge is 0.150 e. The van der Waals surface area contributed by atoms with Gasteiger partial charge in [-0.1, -0.05) is 0 Å². The Hall–Kier alpha value is -1.90. The van der Waals surface area contributed by atoms with E-state index in [2.05, 4.69) is 4.98 Å². The molecule has 1 heterocycles. The van der Waals surface area contributed by atoms with Crippen LogP contribution in [0.25, 0.3) is 10.9 Å². The van der Waals surface area contributed by atoms with Crippen molar-refractivity contribution >= 4 is 23.0 Å². The lowest BCUT2D eigenvalue weighted by molar-refractivity contribution is 0.112.